The molecule has 0 atom stereocenters. The molecule has 0 unspecified atom stereocenters. The van der Waals surface area contributed by atoms with Crippen LogP contribution in [0.3, 0.4) is 0 Å². The van der Waals surface area contributed by atoms with Crippen LogP contribution in [0.5, 0.6) is 0 Å². The number of nitrogens with zero attached hydrogens (tertiary/aromatic N) is 2. The molecule has 0 aliphatic heterocycles. The molecule has 5 nitrogen and oxygen atoms in total. The topological polar surface area (TPSA) is 70.1 Å². The van der Waals surface area contributed by atoms with Crippen molar-refractivity contribution in [3.8, 4) is 0 Å². The molecule has 0 saturated carbocycles. The van der Waals surface area contributed by atoms with Gasteiger partial charge in [0.15, 0.2) is 5.69 Å². The van der Waals surface area contributed by atoms with E-state index in [4.69, 9.17) is 10.5 Å². The Balaban J connectivity index is 2.04. The first-order valence-electron chi connectivity index (χ1n) is 6.95. The van der Waals surface area contributed by atoms with Crippen LogP contribution in [0.4, 0.5) is 5.69 Å². The second-order valence-corrected chi connectivity index (χ2v) is 5.44. The number of anilines is 1. The Hall–Kier alpha value is -2.30. The monoisotopic (exact) mass is 287 g/mol. The molecule has 2 rings (SSSR count). The van der Waals surface area contributed by atoms with E-state index in [9.17, 15) is 4.79 Å². The van der Waals surface area contributed by atoms with E-state index in [0.29, 0.717) is 23.0 Å². The van der Waals surface area contributed by atoms with Crippen LogP contribution in [0.15, 0.2) is 24.3 Å². The van der Waals surface area contributed by atoms with Gasteiger partial charge in [0.2, 0.25) is 0 Å². The van der Waals surface area contributed by atoms with Crippen molar-refractivity contribution >= 4 is 11.7 Å². The fourth-order valence-corrected chi connectivity index (χ4v) is 2.13. The number of nitrogen functional groups attached to an aromatic ring is 1. The zero-order chi connectivity index (χ0) is 15.6. The van der Waals surface area contributed by atoms with Gasteiger partial charge < -0.3 is 10.5 Å². The third kappa shape index (κ3) is 3.24. The lowest BCUT2D eigenvalue weighted by atomic mass is 10.0. The predicted molar refractivity (Wildman–Crippen MR) is 82.0 cm³/mol. The van der Waals surface area contributed by atoms with Gasteiger partial charge in [0.1, 0.15) is 6.61 Å². The Kier molecular flexibility index (Phi) is 4.31. The lowest BCUT2D eigenvalue weighted by Gasteiger charge is -2.08. The minimum Gasteiger partial charge on any atom is -0.456 e. The van der Waals surface area contributed by atoms with E-state index in [-0.39, 0.29) is 6.61 Å². The van der Waals surface area contributed by atoms with Gasteiger partial charge in [-0.1, -0.05) is 38.1 Å². The van der Waals surface area contributed by atoms with E-state index >= 15 is 0 Å². The summed E-state index contributed by atoms with van der Waals surface area (Å²) in [7, 11) is 1.68. The molecule has 112 valence electrons. The normalized spacial score (nSPS) is 10.9. The third-order valence-corrected chi connectivity index (χ3v) is 3.48. The van der Waals surface area contributed by atoms with Crippen LogP contribution in [-0.2, 0) is 18.4 Å². The van der Waals surface area contributed by atoms with Crippen LogP contribution in [0.2, 0.25) is 0 Å². The Labute approximate surface area is 124 Å². The van der Waals surface area contributed by atoms with E-state index in [1.165, 1.54) is 10.2 Å². The molecule has 1 aromatic carbocycles. The largest absolute Gasteiger partial charge is 0.456 e. The van der Waals surface area contributed by atoms with Gasteiger partial charge in [0.25, 0.3) is 0 Å². The highest BCUT2D eigenvalue weighted by molar-refractivity contribution is 5.93. The van der Waals surface area contributed by atoms with Gasteiger partial charge in [-0.25, -0.2) is 4.79 Å². The molecule has 0 spiro atoms. The van der Waals surface area contributed by atoms with E-state index in [0.717, 1.165) is 5.56 Å². The number of ether oxygens (including phenoxy) is 1. The van der Waals surface area contributed by atoms with Crippen molar-refractivity contribution in [2.24, 2.45) is 7.05 Å². The fourth-order valence-electron chi connectivity index (χ4n) is 2.13. The number of carbonyl (C=O) groups is 1. The first kappa shape index (κ1) is 15.1. The predicted octanol–water partition coefficient (Wildman–Crippen LogP) is 2.79. The highest BCUT2D eigenvalue weighted by atomic mass is 16.5. The second-order valence-electron chi connectivity index (χ2n) is 5.44. The van der Waals surface area contributed by atoms with E-state index in [2.05, 4.69) is 31.1 Å². The van der Waals surface area contributed by atoms with Crippen molar-refractivity contribution in [3.63, 3.8) is 0 Å². The quantitative estimate of drug-likeness (QED) is 0.878. The van der Waals surface area contributed by atoms with Gasteiger partial charge in [-0.2, -0.15) is 5.10 Å². The van der Waals surface area contributed by atoms with Crippen molar-refractivity contribution in [1.29, 1.82) is 0 Å². The van der Waals surface area contributed by atoms with E-state index in [1.54, 1.807) is 14.0 Å². The molecule has 5 heteroatoms. The number of benzene rings is 1. The minimum absolute atomic E-state index is 0.223. The summed E-state index contributed by atoms with van der Waals surface area (Å²) in [5, 5.41) is 4.11. The number of carbonyl (C=O) groups excluding carboxylic acids is 1. The number of aryl methyl sites for hydroxylation is 2. The SMILES string of the molecule is Cc1nn(C)c(C(=O)OCc2ccc(C(C)C)cc2)c1N. The first-order chi connectivity index (χ1) is 9.90. The summed E-state index contributed by atoms with van der Waals surface area (Å²) in [5.74, 6) is 0.0300. The average molecular weight is 287 g/mol. The molecule has 0 saturated heterocycles. The maximum Gasteiger partial charge on any atom is 0.359 e. The molecule has 0 radical (unpaired) electrons. The molecule has 1 aromatic heterocycles. The van der Waals surface area contributed by atoms with Crippen molar-refractivity contribution in [2.45, 2.75) is 33.3 Å². The fraction of sp³-hybridized carbons (Fsp3) is 0.375. The van der Waals surface area contributed by atoms with Crippen molar-refractivity contribution < 1.29 is 9.53 Å². The van der Waals surface area contributed by atoms with Gasteiger partial charge in [-0.05, 0) is 24.0 Å². The van der Waals surface area contributed by atoms with Gasteiger partial charge in [-0.3, -0.25) is 4.68 Å². The number of hydrogen-bond donors (Lipinski definition) is 1. The van der Waals surface area contributed by atoms with Crippen LogP contribution in [0.25, 0.3) is 0 Å². The lowest BCUT2D eigenvalue weighted by molar-refractivity contribution is 0.0461. The summed E-state index contributed by atoms with van der Waals surface area (Å²) < 4.78 is 6.76. The van der Waals surface area contributed by atoms with Crippen molar-refractivity contribution in [1.82, 2.24) is 9.78 Å². The Morgan fingerprint density at radius 3 is 2.43 bits per heavy atom. The maximum atomic E-state index is 12.1. The highest BCUT2D eigenvalue weighted by Crippen LogP contribution is 2.18. The smallest absolute Gasteiger partial charge is 0.359 e. The maximum absolute atomic E-state index is 12.1. The minimum atomic E-state index is -0.455. The van der Waals surface area contributed by atoms with E-state index in [1.807, 2.05) is 12.1 Å². The highest BCUT2D eigenvalue weighted by Gasteiger charge is 2.19. The summed E-state index contributed by atoms with van der Waals surface area (Å²) in [4.78, 5) is 12.1. The van der Waals surface area contributed by atoms with Gasteiger partial charge in [-0.15, -0.1) is 0 Å². The summed E-state index contributed by atoms with van der Waals surface area (Å²) in [6.45, 7) is 6.27. The van der Waals surface area contributed by atoms with Crippen LogP contribution in [0, 0.1) is 6.92 Å². The summed E-state index contributed by atoms with van der Waals surface area (Å²) in [6.07, 6.45) is 0. The molecule has 0 aliphatic carbocycles. The first-order valence-corrected chi connectivity index (χ1v) is 6.95. The lowest BCUT2D eigenvalue weighted by Crippen LogP contribution is -2.12. The number of esters is 1. The van der Waals surface area contributed by atoms with Crippen molar-refractivity contribution in [2.75, 3.05) is 5.73 Å². The van der Waals surface area contributed by atoms with Crippen LogP contribution >= 0.6 is 0 Å². The van der Waals surface area contributed by atoms with Crippen LogP contribution < -0.4 is 5.73 Å². The van der Waals surface area contributed by atoms with Gasteiger partial charge >= 0.3 is 5.97 Å². The molecule has 2 aromatic rings. The zero-order valence-corrected chi connectivity index (χ0v) is 12.9. The number of nitrogens with two attached hydrogens (primary N) is 1. The Morgan fingerprint density at radius 2 is 1.95 bits per heavy atom. The molecule has 0 bridgehead atoms. The zero-order valence-electron chi connectivity index (χ0n) is 12.9. The molecule has 0 fully saturated rings. The molecule has 21 heavy (non-hydrogen) atoms. The molecular weight excluding hydrogens is 266 g/mol. The molecule has 1 heterocycles. The van der Waals surface area contributed by atoms with Crippen LogP contribution in [0.1, 0.15) is 47.1 Å². The number of rotatable bonds is 4. The number of aromatic nitrogens is 2. The Morgan fingerprint density at radius 1 is 1.33 bits per heavy atom. The number of hydrogen-bond acceptors (Lipinski definition) is 4. The molecule has 0 aliphatic rings. The van der Waals surface area contributed by atoms with Crippen LogP contribution in [-0.4, -0.2) is 15.7 Å². The average Bonchev–Trinajstić information content (AvgIpc) is 2.70. The Bertz CT molecular complexity index is 642. The summed E-state index contributed by atoms with van der Waals surface area (Å²) >= 11 is 0. The molecule has 0 amide bonds. The molecular formula is C16H21N3O2. The van der Waals surface area contributed by atoms with Gasteiger partial charge in [0, 0.05) is 7.05 Å². The van der Waals surface area contributed by atoms with E-state index < -0.39 is 5.97 Å². The second kappa shape index (κ2) is 5.99. The summed E-state index contributed by atoms with van der Waals surface area (Å²) in [5.41, 5.74) is 9.35. The van der Waals surface area contributed by atoms with Gasteiger partial charge in [0.05, 0.1) is 11.4 Å². The third-order valence-electron chi connectivity index (χ3n) is 3.48. The standard InChI is InChI=1S/C16H21N3O2/c1-10(2)13-7-5-12(6-8-13)9-21-16(20)15-14(17)11(3)18-19(15)4/h5-8,10H,9,17H2,1-4H3. The van der Waals surface area contributed by atoms with Crippen molar-refractivity contribution in [3.05, 3.63) is 46.8 Å². The molecule has 2 N–H and O–H groups in total. The summed E-state index contributed by atoms with van der Waals surface area (Å²) in [6, 6.07) is 8.05.